The van der Waals surface area contributed by atoms with Gasteiger partial charge in [0.2, 0.25) is 5.95 Å². The summed E-state index contributed by atoms with van der Waals surface area (Å²) in [4.78, 5) is 22.1. The van der Waals surface area contributed by atoms with E-state index in [1.807, 2.05) is 19.9 Å². The molecular weight excluding hydrogens is 431 g/mol. The first-order valence-electron chi connectivity index (χ1n) is 10.4. The number of anilines is 2. The maximum atomic E-state index is 13.5. The van der Waals surface area contributed by atoms with E-state index in [0.29, 0.717) is 22.7 Å². The van der Waals surface area contributed by atoms with Crippen molar-refractivity contribution in [1.29, 1.82) is 0 Å². The molecule has 2 aromatic carbocycles. The first-order chi connectivity index (χ1) is 15.0. The van der Waals surface area contributed by atoms with Gasteiger partial charge in [-0.1, -0.05) is 6.07 Å². The zero-order valence-electron chi connectivity index (χ0n) is 17.8. The van der Waals surface area contributed by atoms with E-state index in [1.54, 1.807) is 27.7 Å². The van der Waals surface area contributed by atoms with Crippen LogP contribution in [0, 0.1) is 5.82 Å². The van der Waals surface area contributed by atoms with Gasteiger partial charge in [-0.2, -0.15) is 4.98 Å². The fraction of sp³-hybridized carbons (Fsp3) is 0.261. The van der Waals surface area contributed by atoms with E-state index in [1.165, 1.54) is 23.3 Å². The van der Waals surface area contributed by atoms with E-state index in [0.717, 1.165) is 25.2 Å². The van der Waals surface area contributed by atoms with Crippen LogP contribution in [-0.4, -0.2) is 25.9 Å². The highest BCUT2D eigenvalue weighted by Crippen LogP contribution is 2.23. The number of halogens is 2. The van der Waals surface area contributed by atoms with Gasteiger partial charge < -0.3 is 10.6 Å². The molecule has 0 bridgehead atoms. The van der Waals surface area contributed by atoms with E-state index < -0.39 is 0 Å². The number of hydrogen-bond acceptors (Lipinski definition) is 5. The second kappa shape index (κ2) is 8.72. The molecule has 4 aromatic rings. The van der Waals surface area contributed by atoms with Crippen molar-refractivity contribution in [2.45, 2.75) is 32.9 Å². The van der Waals surface area contributed by atoms with Crippen LogP contribution in [0.25, 0.3) is 16.7 Å². The minimum atomic E-state index is -0.335. The number of aromatic nitrogens is 4. The van der Waals surface area contributed by atoms with Crippen molar-refractivity contribution in [3.8, 4) is 5.69 Å². The highest BCUT2D eigenvalue weighted by atomic mass is 35.5. The molecule has 3 heterocycles. The number of nitrogens with zero attached hydrogens (tertiary/aromatic N) is 4. The minimum absolute atomic E-state index is 0. The standard InChI is InChI=1S/C23H23FN6O.ClH/c1-14(2)29-22(31)20-13-26-23(27-18-6-3-16-12-25-10-9-15(16)11-18)28-21(20)30(29)19-7-4-17(24)5-8-19;/h3-8,11,13-14,25H,9-10,12H2,1-2H3,(H,26,27,28);1H. The molecule has 0 saturated heterocycles. The van der Waals surface area contributed by atoms with E-state index in [4.69, 9.17) is 0 Å². The average molecular weight is 455 g/mol. The first-order valence-corrected chi connectivity index (χ1v) is 10.4. The molecule has 0 saturated carbocycles. The van der Waals surface area contributed by atoms with Crippen molar-refractivity contribution >= 4 is 35.1 Å². The molecule has 9 heteroatoms. The Morgan fingerprint density at radius 1 is 1.12 bits per heavy atom. The van der Waals surface area contributed by atoms with Gasteiger partial charge in [0.05, 0.1) is 5.69 Å². The lowest BCUT2D eigenvalue weighted by atomic mass is 10.0. The lowest BCUT2D eigenvalue weighted by molar-refractivity contribution is 0.475. The van der Waals surface area contributed by atoms with Crippen molar-refractivity contribution in [2.75, 3.05) is 11.9 Å². The number of fused-ring (bicyclic) bond motifs is 2. The number of benzene rings is 2. The molecule has 0 radical (unpaired) electrons. The molecule has 1 aliphatic rings. The summed E-state index contributed by atoms with van der Waals surface area (Å²) in [5.41, 5.74) is 4.46. The fourth-order valence-electron chi connectivity index (χ4n) is 4.04. The Morgan fingerprint density at radius 3 is 2.66 bits per heavy atom. The van der Waals surface area contributed by atoms with E-state index in [9.17, 15) is 9.18 Å². The van der Waals surface area contributed by atoms with E-state index >= 15 is 0 Å². The maximum absolute atomic E-state index is 13.5. The summed E-state index contributed by atoms with van der Waals surface area (Å²) >= 11 is 0. The summed E-state index contributed by atoms with van der Waals surface area (Å²) in [6.07, 6.45) is 2.53. The van der Waals surface area contributed by atoms with Crippen LogP contribution in [0.15, 0.2) is 53.5 Å². The Bertz CT molecular complexity index is 1330. The van der Waals surface area contributed by atoms with Gasteiger partial charge in [-0.3, -0.25) is 4.79 Å². The normalized spacial score (nSPS) is 13.1. The van der Waals surface area contributed by atoms with Gasteiger partial charge in [0.1, 0.15) is 11.2 Å². The van der Waals surface area contributed by atoms with Crippen LogP contribution < -0.4 is 16.2 Å². The minimum Gasteiger partial charge on any atom is -0.324 e. The smallest absolute Gasteiger partial charge is 0.278 e. The quantitative estimate of drug-likeness (QED) is 0.485. The van der Waals surface area contributed by atoms with Crippen molar-refractivity contribution in [2.24, 2.45) is 0 Å². The van der Waals surface area contributed by atoms with Crippen LogP contribution in [0.2, 0.25) is 0 Å². The molecule has 166 valence electrons. The average Bonchev–Trinajstić information content (AvgIpc) is 3.06. The molecular formula is C23H24ClFN6O. The Morgan fingerprint density at radius 2 is 1.91 bits per heavy atom. The summed E-state index contributed by atoms with van der Waals surface area (Å²) < 4.78 is 16.8. The van der Waals surface area contributed by atoms with Gasteiger partial charge in [0.15, 0.2) is 5.65 Å². The van der Waals surface area contributed by atoms with Crippen LogP contribution in [-0.2, 0) is 13.0 Å². The highest BCUT2D eigenvalue weighted by molar-refractivity contribution is 5.85. The topological polar surface area (TPSA) is 76.8 Å². The molecule has 1 aliphatic heterocycles. The Balaban J connectivity index is 0.00000245. The summed E-state index contributed by atoms with van der Waals surface area (Å²) in [6, 6.07) is 12.1. The van der Waals surface area contributed by atoms with Crippen molar-refractivity contribution in [3.05, 3.63) is 76.0 Å². The molecule has 0 spiro atoms. The molecule has 0 aliphatic carbocycles. The zero-order valence-corrected chi connectivity index (χ0v) is 18.6. The van der Waals surface area contributed by atoms with Crippen LogP contribution in [0.3, 0.4) is 0 Å². The number of rotatable bonds is 4. The van der Waals surface area contributed by atoms with Crippen molar-refractivity contribution in [3.63, 3.8) is 0 Å². The Hall–Kier alpha value is -3.23. The predicted octanol–water partition coefficient (Wildman–Crippen LogP) is 4.11. The van der Waals surface area contributed by atoms with Gasteiger partial charge >= 0.3 is 0 Å². The number of hydrogen-bond donors (Lipinski definition) is 2. The van der Waals surface area contributed by atoms with Gasteiger partial charge in [0.25, 0.3) is 5.56 Å². The van der Waals surface area contributed by atoms with Crippen LogP contribution in [0.5, 0.6) is 0 Å². The first kappa shape index (κ1) is 22.0. The lowest BCUT2D eigenvalue weighted by Crippen LogP contribution is -2.24. The van der Waals surface area contributed by atoms with Gasteiger partial charge in [-0.15, -0.1) is 12.4 Å². The molecule has 0 atom stereocenters. The molecule has 0 unspecified atom stereocenters. The zero-order chi connectivity index (χ0) is 21.5. The molecule has 0 fully saturated rings. The molecule has 5 rings (SSSR count). The Kier molecular flexibility index (Phi) is 5.99. The summed E-state index contributed by atoms with van der Waals surface area (Å²) in [6.45, 7) is 5.69. The van der Waals surface area contributed by atoms with Gasteiger partial charge in [-0.05, 0) is 74.3 Å². The Labute approximate surface area is 190 Å². The third kappa shape index (κ3) is 3.87. The van der Waals surface area contributed by atoms with Crippen LogP contribution in [0.1, 0.15) is 31.0 Å². The number of nitrogens with one attached hydrogen (secondary N) is 2. The highest BCUT2D eigenvalue weighted by Gasteiger charge is 2.19. The predicted molar refractivity (Wildman–Crippen MR) is 126 cm³/mol. The van der Waals surface area contributed by atoms with Crippen molar-refractivity contribution in [1.82, 2.24) is 24.6 Å². The summed E-state index contributed by atoms with van der Waals surface area (Å²) in [5.74, 6) is 0.0661. The third-order valence-electron chi connectivity index (χ3n) is 5.53. The molecule has 2 aromatic heterocycles. The van der Waals surface area contributed by atoms with Crippen molar-refractivity contribution < 1.29 is 4.39 Å². The maximum Gasteiger partial charge on any atom is 0.278 e. The lowest BCUT2D eigenvalue weighted by Gasteiger charge is -2.18. The molecule has 32 heavy (non-hydrogen) atoms. The largest absolute Gasteiger partial charge is 0.324 e. The SMILES string of the molecule is CC(C)n1c(=O)c2cnc(Nc3ccc4c(c3)CCNC4)nc2n1-c1ccc(F)cc1.Cl. The summed E-state index contributed by atoms with van der Waals surface area (Å²) in [5, 5.41) is 7.05. The molecule has 7 nitrogen and oxygen atoms in total. The van der Waals surface area contributed by atoms with Gasteiger partial charge in [0, 0.05) is 24.5 Å². The van der Waals surface area contributed by atoms with E-state index in [-0.39, 0.29) is 29.8 Å². The summed E-state index contributed by atoms with van der Waals surface area (Å²) in [7, 11) is 0. The molecule has 0 amide bonds. The second-order valence-electron chi connectivity index (χ2n) is 8.00. The van der Waals surface area contributed by atoms with Crippen LogP contribution in [0.4, 0.5) is 16.0 Å². The van der Waals surface area contributed by atoms with Crippen LogP contribution >= 0.6 is 12.4 Å². The third-order valence-corrected chi connectivity index (χ3v) is 5.53. The molecule has 2 N–H and O–H groups in total. The second-order valence-corrected chi connectivity index (χ2v) is 8.00. The fourth-order valence-corrected chi connectivity index (χ4v) is 4.04. The van der Waals surface area contributed by atoms with E-state index in [2.05, 4.69) is 32.7 Å². The monoisotopic (exact) mass is 454 g/mol. The van der Waals surface area contributed by atoms with Gasteiger partial charge in [-0.25, -0.2) is 18.7 Å².